The molecule has 1 heterocycles. The van der Waals surface area contributed by atoms with Crippen LogP contribution in [0.2, 0.25) is 0 Å². The summed E-state index contributed by atoms with van der Waals surface area (Å²) in [5.41, 5.74) is 5.96. The lowest BCUT2D eigenvalue weighted by molar-refractivity contribution is 0.457. The molecule has 1 fully saturated rings. The van der Waals surface area contributed by atoms with Crippen LogP contribution in [0.5, 0.6) is 0 Å². The van der Waals surface area contributed by atoms with E-state index in [0.29, 0.717) is 6.04 Å². The molecule has 0 aromatic rings. The van der Waals surface area contributed by atoms with Gasteiger partial charge in [0.1, 0.15) is 0 Å². The van der Waals surface area contributed by atoms with Crippen molar-refractivity contribution < 1.29 is 0 Å². The normalized spacial score (nSPS) is 41.6. The van der Waals surface area contributed by atoms with Gasteiger partial charge >= 0.3 is 0 Å². The van der Waals surface area contributed by atoms with Gasteiger partial charge in [0, 0.05) is 6.04 Å². The summed E-state index contributed by atoms with van der Waals surface area (Å²) in [6.45, 7) is 2.27. The molecule has 0 radical (unpaired) electrons. The number of hydrogen-bond acceptors (Lipinski definition) is 2. The Kier molecular flexibility index (Phi) is 3.59. The van der Waals surface area contributed by atoms with Crippen molar-refractivity contribution in [2.24, 2.45) is 11.7 Å². The highest BCUT2D eigenvalue weighted by atomic mass is 32.2. The van der Waals surface area contributed by atoms with Crippen LogP contribution in [0.4, 0.5) is 0 Å². The summed E-state index contributed by atoms with van der Waals surface area (Å²) >= 11 is 3.36. The second kappa shape index (κ2) is 4.02. The predicted octanol–water partition coefficient (Wildman–Crippen LogP) is 0.436. The van der Waals surface area contributed by atoms with E-state index in [2.05, 4.69) is 18.7 Å². The fourth-order valence-electron chi connectivity index (χ4n) is 1.34. The average molecular weight is 173 g/mol. The summed E-state index contributed by atoms with van der Waals surface area (Å²) in [6, 6.07) is 0.510. The lowest BCUT2D eigenvalue weighted by Gasteiger charge is -2.31. The standard InChI is InChI=1S/C7H14NS.Al.2H/c1-2-6-3-7(8)5-9-4-6;;;/h5-7H,2-4,8H2,1H3;;;. The SMILES string of the molecule is CCC1CS[CH]([AlH2])C(N)C1. The fraction of sp³-hybridized carbons (Fsp3) is 1.00. The molecule has 1 nitrogen and oxygen atoms in total. The van der Waals surface area contributed by atoms with Crippen LogP contribution in [-0.4, -0.2) is 32.2 Å². The highest BCUT2D eigenvalue weighted by Crippen LogP contribution is 2.28. The van der Waals surface area contributed by atoms with Crippen LogP contribution in [0.1, 0.15) is 19.8 Å². The highest BCUT2D eigenvalue weighted by Gasteiger charge is 2.23. The molecule has 58 valence electrons. The summed E-state index contributed by atoms with van der Waals surface area (Å²) in [5, 5.41) is 0. The Morgan fingerprint density at radius 1 is 1.70 bits per heavy atom. The Morgan fingerprint density at radius 2 is 2.40 bits per heavy atom. The van der Waals surface area contributed by atoms with E-state index in [-0.39, 0.29) is 0 Å². The Morgan fingerprint density at radius 3 is 2.90 bits per heavy atom. The van der Waals surface area contributed by atoms with Gasteiger partial charge in [0.05, 0.1) is 0 Å². The average Bonchev–Trinajstić information content (AvgIpc) is 1.95. The van der Waals surface area contributed by atoms with Crippen LogP contribution < -0.4 is 5.73 Å². The van der Waals surface area contributed by atoms with Gasteiger partial charge in [0.2, 0.25) is 16.3 Å². The molecule has 0 amide bonds. The van der Waals surface area contributed by atoms with E-state index in [1.54, 1.807) is 0 Å². The molecule has 1 aliphatic heterocycles. The first kappa shape index (κ1) is 8.93. The molecule has 0 aromatic carbocycles. The second-order valence-electron chi connectivity index (χ2n) is 3.21. The molecule has 0 aliphatic carbocycles. The van der Waals surface area contributed by atoms with Gasteiger partial charge in [0.15, 0.2) is 0 Å². The summed E-state index contributed by atoms with van der Waals surface area (Å²) in [4.78, 5) is 0. The number of nitrogens with two attached hydrogens (primary N) is 1. The fourth-order valence-corrected chi connectivity index (χ4v) is 3.50. The van der Waals surface area contributed by atoms with Crippen molar-refractivity contribution in [3.05, 3.63) is 0 Å². The smallest absolute Gasteiger partial charge is 0.235 e. The van der Waals surface area contributed by atoms with Gasteiger partial charge in [-0.3, -0.25) is 0 Å². The van der Waals surface area contributed by atoms with Crippen molar-refractivity contribution in [1.29, 1.82) is 0 Å². The third kappa shape index (κ3) is 2.17. The minimum atomic E-state index is 0.510. The lowest BCUT2D eigenvalue weighted by Crippen LogP contribution is -2.39. The molecule has 10 heavy (non-hydrogen) atoms. The van der Waals surface area contributed by atoms with Gasteiger partial charge in [-0.1, -0.05) is 13.3 Å². The molecule has 0 bridgehead atoms. The van der Waals surface area contributed by atoms with E-state index in [0.717, 1.165) is 10.0 Å². The maximum absolute atomic E-state index is 5.96. The van der Waals surface area contributed by atoms with Gasteiger partial charge in [-0.15, -0.1) is 0 Å². The molecule has 1 saturated heterocycles. The van der Waals surface area contributed by atoms with Crippen LogP contribution in [0.25, 0.3) is 0 Å². The Balaban J connectivity index is 2.33. The van der Waals surface area contributed by atoms with Gasteiger partial charge in [-0.05, 0) is 22.2 Å². The van der Waals surface area contributed by atoms with E-state index >= 15 is 0 Å². The van der Waals surface area contributed by atoms with Crippen LogP contribution >= 0.6 is 11.8 Å². The van der Waals surface area contributed by atoms with Gasteiger partial charge in [-0.25, -0.2) is 0 Å². The lowest BCUT2D eigenvalue weighted by atomic mass is 10.00. The van der Waals surface area contributed by atoms with E-state index in [1.807, 2.05) is 0 Å². The highest BCUT2D eigenvalue weighted by molar-refractivity contribution is 8.01. The quantitative estimate of drug-likeness (QED) is 0.582. The maximum atomic E-state index is 5.96. The monoisotopic (exact) mass is 173 g/mol. The molecule has 0 aromatic heterocycles. The third-order valence-electron chi connectivity index (χ3n) is 2.38. The van der Waals surface area contributed by atoms with Crippen LogP contribution in [0, 0.1) is 5.92 Å². The first-order chi connectivity index (χ1) is 4.74. The van der Waals surface area contributed by atoms with Crippen molar-refractivity contribution >= 4 is 28.1 Å². The molecule has 3 unspecified atom stereocenters. The van der Waals surface area contributed by atoms with Crippen molar-refractivity contribution in [2.75, 3.05) is 5.75 Å². The second-order valence-corrected chi connectivity index (χ2v) is 6.70. The zero-order valence-corrected chi connectivity index (χ0v) is 9.66. The summed E-state index contributed by atoms with van der Waals surface area (Å²) in [7, 11) is 0. The zero-order chi connectivity index (χ0) is 7.56. The predicted molar refractivity (Wildman–Crippen MR) is 51.2 cm³/mol. The summed E-state index contributed by atoms with van der Waals surface area (Å²) < 4.78 is 0.822. The molecule has 3 heteroatoms. The molecular formula is C7H16AlNS. The van der Waals surface area contributed by atoms with Crippen molar-refractivity contribution in [2.45, 2.75) is 29.9 Å². The maximum Gasteiger partial charge on any atom is 0.235 e. The Hall–Kier alpha value is 0.842. The minimum Gasteiger partial charge on any atom is -0.328 e. The third-order valence-corrected chi connectivity index (χ3v) is 5.78. The van der Waals surface area contributed by atoms with Crippen LogP contribution in [0.15, 0.2) is 0 Å². The van der Waals surface area contributed by atoms with Crippen molar-refractivity contribution in [3.63, 3.8) is 0 Å². The zero-order valence-electron chi connectivity index (χ0n) is 6.84. The Bertz CT molecular complexity index is 110. The molecule has 0 saturated carbocycles. The number of rotatable bonds is 1. The minimum absolute atomic E-state index is 0.510. The van der Waals surface area contributed by atoms with Crippen molar-refractivity contribution in [1.82, 2.24) is 0 Å². The van der Waals surface area contributed by atoms with Crippen LogP contribution in [0.3, 0.4) is 0 Å². The van der Waals surface area contributed by atoms with Gasteiger partial charge < -0.3 is 5.73 Å². The first-order valence-corrected chi connectivity index (χ1v) is 6.31. The topological polar surface area (TPSA) is 26.0 Å². The molecule has 2 N–H and O–H groups in total. The largest absolute Gasteiger partial charge is 0.328 e. The molecule has 1 rings (SSSR count). The molecule has 0 spiro atoms. The summed E-state index contributed by atoms with van der Waals surface area (Å²) in [5.74, 6) is 2.27. The molecule has 3 atom stereocenters. The molecular weight excluding hydrogens is 157 g/mol. The molecule has 1 aliphatic rings. The van der Waals surface area contributed by atoms with Crippen LogP contribution in [-0.2, 0) is 0 Å². The Labute approximate surface area is 75.5 Å². The van der Waals surface area contributed by atoms with Gasteiger partial charge in [-0.2, -0.15) is 11.8 Å². The van der Waals surface area contributed by atoms with E-state index < -0.39 is 0 Å². The van der Waals surface area contributed by atoms with E-state index in [4.69, 9.17) is 5.73 Å². The first-order valence-electron chi connectivity index (χ1n) is 4.11. The number of thioether (sulfide) groups is 1. The van der Waals surface area contributed by atoms with E-state index in [9.17, 15) is 0 Å². The summed E-state index contributed by atoms with van der Waals surface area (Å²) in [6.07, 6.45) is 2.59. The number of hydrogen-bond donors (Lipinski definition) is 1. The van der Waals surface area contributed by atoms with Crippen molar-refractivity contribution in [3.8, 4) is 0 Å². The van der Waals surface area contributed by atoms with Gasteiger partial charge in [0.25, 0.3) is 0 Å². The van der Waals surface area contributed by atoms with E-state index in [1.165, 1.54) is 34.9 Å².